The number of carbonyl (C=O) groups excluding carboxylic acids is 2. The quantitative estimate of drug-likeness (QED) is 0.681. The summed E-state index contributed by atoms with van der Waals surface area (Å²) in [6.07, 6.45) is 3.32. The van der Waals surface area contributed by atoms with E-state index in [1.807, 2.05) is 25.1 Å². The Labute approximate surface area is 170 Å². The molecule has 0 unspecified atom stereocenters. The van der Waals surface area contributed by atoms with Crippen LogP contribution in [0.3, 0.4) is 0 Å². The van der Waals surface area contributed by atoms with Crippen molar-refractivity contribution in [2.75, 3.05) is 18.5 Å². The molecule has 0 atom stereocenters. The first-order chi connectivity index (χ1) is 13.5. The number of anilines is 1. The fourth-order valence-electron chi connectivity index (χ4n) is 3.66. The molecule has 6 heteroatoms. The van der Waals surface area contributed by atoms with Crippen molar-refractivity contribution in [3.63, 3.8) is 0 Å². The lowest BCUT2D eigenvalue weighted by Crippen LogP contribution is -2.36. The molecule has 1 aliphatic carbocycles. The predicted octanol–water partition coefficient (Wildman–Crippen LogP) is 4.73. The first-order valence-electron chi connectivity index (χ1n) is 9.50. The topological polar surface area (TPSA) is 64.6 Å². The van der Waals surface area contributed by atoms with E-state index < -0.39 is 11.3 Å². The normalized spacial score (nSPS) is 15.1. The van der Waals surface area contributed by atoms with Gasteiger partial charge in [0, 0.05) is 5.02 Å². The van der Waals surface area contributed by atoms with Crippen molar-refractivity contribution >= 4 is 29.2 Å². The van der Waals surface area contributed by atoms with Crippen molar-refractivity contribution in [1.29, 1.82) is 0 Å². The molecular weight excluding hydrogens is 378 g/mol. The van der Waals surface area contributed by atoms with E-state index in [1.165, 1.54) is 0 Å². The standard InChI is InChI=1S/C22H24ClNO4/c1-2-27-19-8-4-3-7-18(19)24-20(25)15-28-21(26)22(13-5-6-14-22)16-9-11-17(23)12-10-16/h3-4,7-12H,2,5-6,13-15H2,1H3,(H,24,25). The lowest BCUT2D eigenvalue weighted by Gasteiger charge is -2.27. The highest BCUT2D eigenvalue weighted by Crippen LogP contribution is 2.42. The Kier molecular flexibility index (Phi) is 6.57. The number of esters is 1. The number of hydrogen-bond donors (Lipinski definition) is 1. The first kappa shape index (κ1) is 20.2. The number of benzene rings is 2. The molecular formula is C22H24ClNO4. The Hall–Kier alpha value is -2.53. The minimum Gasteiger partial charge on any atom is -0.492 e. The minimum atomic E-state index is -0.700. The summed E-state index contributed by atoms with van der Waals surface area (Å²) in [6.45, 7) is 2.03. The van der Waals surface area contributed by atoms with Gasteiger partial charge in [-0.1, -0.05) is 48.7 Å². The molecule has 148 valence electrons. The maximum absolute atomic E-state index is 12.9. The molecule has 0 radical (unpaired) electrons. The Morgan fingerprint density at radius 3 is 2.43 bits per heavy atom. The second kappa shape index (κ2) is 9.11. The SMILES string of the molecule is CCOc1ccccc1NC(=O)COC(=O)C1(c2ccc(Cl)cc2)CCCC1. The summed E-state index contributed by atoms with van der Waals surface area (Å²) in [5.41, 5.74) is 0.744. The van der Waals surface area contributed by atoms with E-state index >= 15 is 0 Å². The number of para-hydroxylation sites is 2. The largest absolute Gasteiger partial charge is 0.492 e. The highest BCUT2D eigenvalue weighted by atomic mass is 35.5. The average Bonchev–Trinajstić information content (AvgIpc) is 3.19. The maximum Gasteiger partial charge on any atom is 0.317 e. The third kappa shape index (κ3) is 4.47. The van der Waals surface area contributed by atoms with Gasteiger partial charge in [-0.3, -0.25) is 9.59 Å². The van der Waals surface area contributed by atoms with E-state index in [2.05, 4.69) is 5.32 Å². The molecule has 1 N–H and O–H groups in total. The molecule has 5 nitrogen and oxygen atoms in total. The Morgan fingerprint density at radius 2 is 1.75 bits per heavy atom. The number of ether oxygens (including phenoxy) is 2. The summed E-state index contributed by atoms with van der Waals surface area (Å²) < 4.78 is 10.9. The van der Waals surface area contributed by atoms with Crippen LogP contribution in [-0.4, -0.2) is 25.1 Å². The molecule has 28 heavy (non-hydrogen) atoms. The van der Waals surface area contributed by atoms with Crippen LogP contribution >= 0.6 is 11.6 Å². The molecule has 2 aromatic rings. The van der Waals surface area contributed by atoms with E-state index in [1.54, 1.807) is 30.3 Å². The summed E-state index contributed by atoms with van der Waals surface area (Å²) >= 11 is 5.98. The van der Waals surface area contributed by atoms with Crippen LogP contribution in [0.4, 0.5) is 5.69 Å². The van der Waals surface area contributed by atoms with Gasteiger partial charge in [0.25, 0.3) is 5.91 Å². The minimum absolute atomic E-state index is 0.339. The summed E-state index contributed by atoms with van der Waals surface area (Å²) in [6, 6.07) is 14.5. The van der Waals surface area contributed by atoms with E-state index in [0.717, 1.165) is 18.4 Å². The van der Waals surface area contributed by atoms with Crippen LogP contribution in [0.25, 0.3) is 0 Å². The van der Waals surface area contributed by atoms with Gasteiger partial charge in [0.1, 0.15) is 5.75 Å². The molecule has 0 heterocycles. The lowest BCUT2D eigenvalue weighted by molar-refractivity contribution is -0.153. The summed E-state index contributed by atoms with van der Waals surface area (Å²) in [5, 5.41) is 3.37. The van der Waals surface area contributed by atoms with Crippen molar-refractivity contribution < 1.29 is 19.1 Å². The number of carbonyl (C=O) groups is 2. The van der Waals surface area contributed by atoms with Crippen LogP contribution < -0.4 is 10.1 Å². The van der Waals surface area contributed by atoms with Crippen LogP contribution in [0.2, 0.25) is 5.02 Å². The molecule has 0 saturated heterocycles. The van der Waals surface area contributed by atoms with Gasteiger partial charge in [-0.05, 0) is 49.6 Å². The van der Waals surface area contributed by atoms with E-state index in [0.29, 0.717) is 35.9 Å². The van der Waals surface area contributed by atoms with Gasteiger partial charge in [0.2, 0.25) is 0 Å². The number of hydrogen-bond acceptors (Lipinski definition) is 4. The van der Waals surface area contributed by atoms with Crippen LogP contribution in [0.1, 0.15) is 38.2 Å². The van der Waals surface area contributed by atoms with Gasteiger partial charge in [0.05, 0.1) is 17.7 Å². The predicted molar refractivity (Wildman–Crippen MR) is 109 cm³/mol. The van der Waals surface area contributed by atoms with Crippen molar-refractivity contribution in [1.82, 2.24) is 0 Å². The molecule has 1 aliphatic rings. The Bertz CT molecular complexity index is 829. The van der Waals surface area contributed by atoms with E-state index in [9.17, 15) is 9.59 Å². The zero-order valence-corrected chi connectivity index (χ0v) is 16.6. The van der Waals surface area contributed by atoms with E-state index in [4.69, 9.17) is 21.1 Å². The third-order valence-electron chi connectivity index (χ3n) is 5.04. The number of amides is 1. The highest BCUT2D eigenvalue weighted by molar-refractivity contribution is 6.30. The van der Waals surface area contributed by atoms with Crippen LogP contribution in [-0.2, 0) is 19.7 Å². The van der Waals surface area contributed by atoms with Gasteiger partial charge in [-0.25, -0.2) is 0 Å². The number of nitrogens with one attached hydrogen (secondary N) is 1. The lowest BCUT2D eigenvalue weighted by atomic mass is 9.79. The Morgan fingerprint density at radius 1 is 1.07 bits per heavy atom. The summed E-state index contributed by atoms with van der Waals surface area (Å²) in [4.78, 5) is 25.2. The second-order valence-corrected chi connectivity index (χ2v) is 7.29. The van der Waals surface area contributed by atoms with Crippen LogP contribution in [0.5, 0.6) is 5.75 Å². The van der Waals surface area contributed by atoms with Crippen molar-refractivity contribution in [2.24, 2.45) is 0 Å². The van der Waals surface area contributed by atoms with Gasteiger partial charge >= 0.3 is 5.97 Å². The van der Waals surface area contributed by atoms with E-state index in [-0.39, 0.29) is 12.6 Å². The molecule has 3 rings (SSSR count). The second-order valence-electron chi connectivity index (χ2n) is 6.85. The van der Waals surface area contributed by atoms with Gasteiger partial charge in [-0.15, -0.1) is 0 Å². The fourth-order valence-corrected chi connectivity index (χ4v) is 3.79. The molecule has 2 aromatic carbocycles. The van der Waals surface area contributed by atoms with Gasteiger partial charge < -0.3 is 14.8 Å². The molecule has 1 saturated carbocycles. The molecule has 0 aromatic heterocycles. The average molecular weight is 402 g/mol. The Balaban J connectivity index is 1.65. The van der Waals surface area contributed by atoms with Crippen molar-refractivity contribution in [2.45, 2.75) is 38.0 Å². The van der Waals surface area contributed by atoms with Gasteiger partial charge in [-0.2, -0.15) is 0 Å². The summed E-state index contributed by atoms with van der Waals surface area (Å²) in [7, 11) is 0. The highest BCUT2D eigenvalue weighted by Gasteiger charge is 2.44. The maximum atomic E-state index is 12.9. The fraction of sp³-hybridized carbons (Fsp3) is 0.364. The third-order valence-corrected chi connectivity index (χ3v) is 5.29. The zero-order chi connectivity index (χ0) is 20.0. The summed E-state index contributed by atoms with van der Waals surface area (Å²) in [5.74, 6) is -0.177. The molecule has 0 aliphatic heterocycles. The smallest absolute Gasteiger partial charge is 0.317 e. The van der Waals surface area contributed by atoms with Crippen molar-refractivity contribution in [3.8, 4) is 5.75 Å². The van der Waals surface area contributed by atoms with Crippen molar-refractivity contribution in [3.05, 3.63) is 59.1 Å². The first-order valence-corrected chi connectivity index (χ1v) is 9.88. The number of rotatable bonds is 7. The number of halogens is 1. The molecule has 0 spiro atoms. The zero-order valence-electron chi connectivity index (χ0n) is 15.9. The van der Waals surface area contributed by atoms with Crippen LogP contribution in [0, 0.1) is 0 Å². The van der Waals surface area contributed by atoms with Crippen LogP contribution in [0.15, 0.2) is 48.5 Å². The molecule has 1 amide bonds. The molecule has 1 fully saturated rings. The van der Waals surface area contributed by atoms with Gasteiger partial charge in [0.15, 0.2) is 6.61 Å². The molecule has 0 bridgehead atoms. The monoisotopic (exact) mass is 401 g/mol.